The molecule has 0 fully saturated rings. The minimum atomic E-state index is -0.997. The van der Waals surface area contributed by atoms with Gasteiger partial charge in [-0.3, -0.25) is 0 Å². The van der Waals surface area contributed by atoms with Gasteiger partial charge < -0.3 is 19.3 Å². The van der Waals surface area contributed by atoms with Crippen LogP contribution in [0.25, 0.3) is 56.4 Å². The lowest BCUT2D eigenvalue weighted by Gasteiger charge is -2.15. The Morgan fingerprint density at radius 3 is 1.60 bits per heavy atom. The fourth-order valence-electron chi connectivity index (χ4n) is 5.13. The van der Waals surface area contributed by atoms with E-state index in [4.69, 9.17) is 29.2 Å². The molecule has 5 aromatic carbocycles. The van der Waals surface area contributed by atoms with Crippen molar-refractivity contribution in [2.45, 2.75) is 13.0 Å². The maximum Gasteiger partial charge on any atom is 0.347 e. The summed E-state index contributed by atoms with van der Waals surface area (Å²) in [5.41, 5.74) is 6.22. The summed E-state index contributed by atoms with van der Waals surface area (Å²) in [5.74, 6) is -0.0579. The summed E-state index contributed by atoms with van der Waals surface area (Å²) in [4.78, 5) is 37.9. The Morgan fingerprint density at radius 2 is 1.10 bits per heavy atom. The number of phenolic OH excluding ortho intramolecular Hbond substituents is 1. The number of carbonyl (C=O) groups excluding carboxylic acids is 2. The predicted molar refractivity (Wildman–Crippen MR) is 191 cm³/mol. The first-order valence-corrected chi connectivity index (χ1v) is 15.9. The van der Waals surface area contributed by atoms with Crippen molar-refractivity contribution in [3.63, 3.8) is 0 Å². The van der Waals surface area contributed by atoms with Gasteiger partial charge in [-0.2, -0.15) is 0 Å². The van der Waals surface area contributed by atoms with Crippen LogP contribution < -0.4 is 4.74 Å². The van der Waals surface area contributed by atoms with Crippen molar-refractivity contribution in [1.82, 2.24) is 15.0 Å². The summed E-state index contributed by atoms with van der Waals surface area (Å²) in [7, 11) is 0. The van der Waals surface area contributed by atoms with Crippen molar-refractivity contribution < 1.29 is 28.9 Å². The van der Waals surface area contributed by atoms with E-state index in [1.807, 2.05) is 84.9 Å². The van der Waals surface area contributed by atoms with Gasteiger partial charge in [-0.15, -0.1) is 0 Å². The fourth-order valence-corrected chi connectivity index (χ4v) is 5.13. The predicted octanol–water partition coefficient (Wildman–Crippen LogP) is 7.95. The van der Waals surface area contributed by atoms with E-state index >= 15 is 0 Å². The second-order valence-electron chi connectivity index (χ2n) is 11.2. The molecular weight excluding hydrogens is 630 g/mol. The van der Waals surface area contributed by atoms with Crippen molar-refractivity contribution in [1.29, 1.82) is 0 Å². The van der Waals surface area contributed by atoms with E-state index in [9.17, 15) is 14.7 Å². The van der Waals surface area contributed by atoms with E-state index in [1.165, 1.54) is 13.0 Å². The molecule has 0 radical (unpaired) electrons. The maximum atomic E-state index is 12.4. The summed E-state index contributed by atoms with van der Waals surface area (Å²) in [5, 5.41) is 11.1. The Morgan fingerprint density at radius 1 is 0.640 bits per heavy atom. The van der Waals surface area contributed by atoms with Crippen LogP contribution in [0.15, 0.2) is 140 Å². The number of hydrogen-bond acceptors (Lipinski definition) is 9. The van der Waals surface area contributed by atoms with Crippen molar-refractivity contribution in [2.24, 2.45) is 0 Å². The second kappa shape index (κ2) is 15.5. The van der Waals surface area contributed by atoms with Gasteiger partial charge in [0.2, 0.25) is 0 Å². The highest BCUT2D eigenvalue weighted by Gasteiger charge is 2.19. The Hall–Kier alpha value is -6.61. The Bertz CT molecular complexity index is 2000. The van der Waals surface area contributed by atoms with Gasteiger partial charge in [-0.05, 0) is 41.3 Å². The van der Waals surface area contributed by atoms with Crippen molar-refractivity contribution >= 4 is 11.9 Å². The molecule has 1 heterocycles. The van der Waals surface area contributed by atoms with Crippen molar-refractivity contribution in [3.8, 4) is 67.9 Å². The van der Waals surface area contributed by atoms with E-state index in [2.05, 4.69) is 30.8 Å². The zero-order valence-corrected chi connectivity index (χ0v) is 27.2. The molecule has 0 aliphatic rings. The summed E-state index contributed by atoms with van der Waals surface area (Å²) in [6, 6.07) is 40.7. The highest BCUT2D eigenvalue weighted by Crippen LogP contribution is 2.34. The van der Waals surface area contributed by atoms with E-state index in [-0.39, 0.29) is 30.5 Å². The van der Waals surface area contributed by atoms with Gasteiger partial charge in [0, 0.05) is 23.3 Å². The largest absolute Gasteiger partial charge is 0.507 e. The molecular formula is C41H33N3O6. The Labute approximate surface area is 289 Å². The summed E-state index contributed by atoms with van der Waals surface area (Å²) >= 11 is 0. The average Bonchev–Trinajstić information content (AvgIpc) is 3.17. The number of benzene rings is 5. The van der Waals surface area contributed by atoms with Crippen LogP contribution in [0, 0.1) is 0 Å². The zero-order chi connectivity index (χ0) is 34.9. The van der Waals surface area contributed by atoms with E-state index in [0.717, 1.165) is 39.5 Å². The maximum absolute atomic E-state index is 12.4. The number of nitrogens with zero attached hydrogens (tertiary/aromatic N) is 3. The molecule has 1 atom stereocenters. The van der Waals surface area contributed by atoms with Gasteiger partial charge in [0.15, 0.2) is 23.6 Å². The lowest BCUT2D eigenvalue weighted by atomic mass is 10.0. The van der Waals surface area contributed by atoms with Crippen molar-refractivity contribution in [3.05, 3.63) is 140 Å². The standard InChI is InChI=1S/C41H33N3O6/c1-3-37(46)48-24-25-49-41(47)27(2)50-34-22-23-35(36(45)26-34)40-43-38(32-18-14-30(15-19-32)28-10-6-4-7-11-28)42-39(44-40)33-20-16-31(17-21-33)29-12-8-5-9-13-29/h3-23,26-27,45H,1,24-25H2,2H3. The first-order valence-electron chi connectivity index (χ1n) is 15.9. The SMILES string of the molecule is C=CC(=O)OCCOC(=O)C(C)Oc1ccc(-c2nc(-c3ccc(-c4ccccc4)cc3)nc(-c3ccc(-c4ccccc4)cc3)n2)c(O)c1. The lowest BCUT2D eigenvalue weighted by molar-refractivity contribution is -0.155. The quantitative estimate of drug-likeness (QED) is 0.0790. The highest BCUT2D eigenvalue weighted by molar-refractivity contribution is 5.81. The molecule has 248 valence electrons. The van der Waals surface area contributed by atoms with Crippen LogP contribution in [-0.4, -0.2) is 51.3 Å². The third-order valence-electron chi connectivity index (χ3n) is 7.73. The molecule has 0 amide bonds. The van der Waals surface area contributed by atoms with Gasteiger partial charge in [0.25, 0.3) is 0 Å². The van der Waals surface area contributed by atoms with E-state index < -0.39 is 18.0 Å². The number of aromatic hydroxyl groups is 1. The Balaban J connectivity index is 1.28. The molecule has 9 heteroatoms. The molecule has 50 heavy (non-hydrogen) atoms. The van der Waals surface area contributed by atoms with E-state index in [0.29, 0.717) is 17.2 Å². The summed E-state index contributed by atoms with van der Waals surface area (Å²) < 4.78 is 15.6. The number of rotatable bonds is 12. The molecule has 6 aromatic rings. The molecule has 9 nitrogen and oxygen atoms in total. The lowest BCUT2D eigenvalue weighted by Crippen LogP contribution is -2.27. The number of aromatic nitrogens is 3. The molecule has 0 saturated heterocycles. The number of carbonyl (C=O) groups is 2. The monoisotopic (exact) mass is 663 g/mol. The molecule has 0 spiro atoms. The number of ether oxygens (including phenoxy) is 3. The Kier molecular flexibility index (Phi) is 10.3. The number of esters is 2. The third kappa shape index (κ3) is 8.08. The smallest absolute Gasteiger partial charge is 0.347 e. The zero-order valence-electron chi connectivity index (χ0n) is 27.2. The second-order valence-corrected chi connectivity index (χ2v) is 11.2. The van der Waals surface area contributed by atoms with Gasteiger partial charge in [-0.25, -0.2) is 24.5 Å². The summed E-state index contributed by atoms with van der Waals surface area (Å²) in [6.45, 7) is 4.58. The average molecular weight is 664 g/mol. The van der Waals surface area contributed by atoms with Gasteiger partial charge in [0.1, 0.15) is 24.7 Å². The van der Waals surface area contributed by atoms with Gasteiger partial charge >= 0.3 is 11.9 Å². The molecule has 0 aliphatic heterocycles. The highest BCUT2D eigenvalue weighted by atomic mass is 16.6. The van der Waals surface area contributed by atoms with Crippen LogP contribution in [0.5, 0.6) is 11.5 Å². The topological polar surface area (TPSA) is 121 Å². The molecule has 0 bridgehead atoms. The van der Waals surface area contributed by atoms with E-state index in [1.54, 1.807) is 12.1 Å². The minimum absolute atomic E-state index is 0.108. The number of hydrogen-bond donors (Lipinski definition) is 1. The van der Waals surface area contributed by atoms with Crippen LogP contribution in [0.2, 0.25) is 0 Å². The molecule has 1 aromatic heterocycles. The minimum Gasteiger partial charge on any atom is -0.507 e. The normalized spacial score (nSPS) is 11.3. The van der Waals surface area contributed by atoms with Crippen LogP contribution >= 0.6 is 0 Å². The summed E-state index contributed by atoms with van der Waals surface area (Å²) in [6.07, 6.45) is 0.0259. The first kappa shape index (κ1) is 33.3. The molecule has 0 saturated carbocycles. The van der Waals surface area contributed by atoms with Gasteiger partial charge in [0.05, 0.1) is 5.56 Å². The third-order valence-corrected chi connectivity index (χ3v) is 7.73. The van der Waals surface area contributed by atoms with Crippen LogP contribution in [0.4, 0.5) is 0 Å². The molecule has 6 rings (SSSR count). The van der Waals surface area contributed by atoms with Crippen LogP contribution in [0.3, 0.4) is 0 Å². The van der Waals surface area contributed by atoms with Crippen LogP contribution in [-0.2, 0) is 19.1 Å². The number of phenols is 1. The first-order chi connectivity index (χ1) is 24.4. The molecule has 0 aliphatic carbocycles. The molecule has 1 N–H and O–H groups in total. The van der Waals surface area contributed by atoms with Crippen LogP contribution in [0.1, 0.15) is 6.92 Å². The molecule has 1 unspecified atom stereocenters. The fraction of sp³-hybridized carbons (Fsp3) is 0.0976. The van der Waals surface area contributed by atoms with Gasteiger partial charge in [-0.1, -0.05) is 116 Å². The van der Waals surface area contributed by atoms with Crippen molar-refractivity contribution in [2.75, 3.05) is 13.2 Å².